The minimum Gasteiger partial charge on any atom is -0.368 e. The number of aromatic nitrogens is 5. The van der Waals surface area contributed by atoms with E-state index in [0.717, 1.165) is 0 Å². The highest BCUT2D eigenvalue weighted by atomic mass is 15.4. The molecule has 0 aliphatic carbocycles. The Hall–Kier alpha value is -1.98. The van der Waals surface area contributed by atoms with E-state index in [1.807, 2.05) is 0 Å². The fraction of sp³-hybridized carbons (Fsp3) is 0. The molecular weight excluding hydrogens is 156 g/mol. The molecule has 2 heterocycles. The fourth-order valence-electron chi connectivity index (χ4n) is 0.828. The molecule has 2 aromatic rings. The molecule has 2 aromatic heterocycles. The third kappa shape index (κ3) is 0.986. The van der Waals surface area contributed by atoms with Crippen LogP contribution in [0.15, 0.2) is 24.9 Å². The molecule has 6 nitrogen and oxygen atoms in total. The zero-order valence-electron chi connectivity index (χ0n) is 6.12. The van der Waals surface area contributed by atoms with Crippen molar-refractivity contribution in [3.63, 3.8) is 0 Å². The Balaban J connectivity index is 2.51. The lowest BCUT2D eigenvalue weighted by Gasteiger charge is -1.98. The molecule has 12 heavy (non-hydrogen) atoms. The molecule has 0 saturated carbocycles. The van der Waals surface area contributed by atoms with Crippen LogP contribution in [-0.4, -0.2) is 24.7 Å². The summed E-state index contributed by atoms with van der Waals surface area (Å²) in [5.41, 5.74) is 5.49. The standard InChI is InChI=1S/C6H6N6/c7-6-10-4-11-12(6)5-3-8-1-2-9-5/h1-4H,(H2,7,10,11). The van der Waals surface area contributed by atoms with Crippen LogP contribution in [0.1, 0.15) is 0 Å². The van der Waals surface area contributed by atoms with Crippen molar-refractivity contribution < 1.29 is 0 Å². The lowest BCUT2D eigenvalue weighted by Crippen LogP contribution is -2.04. The van der Waals surface area contributed by atoms with Crippen molar-refractivity contribution in [3.8, 4) is 5.82 Å². The Morgan fingerprint density at radius 1 is 1.25 bits per heavy atom. The van der Waals surface area contributed by atoms with Gasteiger partial charge in [-0.05, 0) is 0 Å². The molecule has 0 aliphatic heterocycles. The molecule has 0 aliphatic rings. The number of hydrogen-bond acceptors (Lipinski definition) is 5. The van der Waals surface area contributed by atoms with E-state index >= 15 is 0 Å². The molecule has 2 N–H and O–H groups in total. The molecule has 0 saturated heterocycles. The Morgan fingerprint density at radius 2 is 2.17 bits per heavy atom. The first kappa shape index (κ1) is 6.71. The summed E-state index contributed by atoms with van der Waals surface area (Å²) in [6, 6.07) is 0. The van der Waals surface area contributed by atoms with Gasteiger partial charge in [-0.15, -0.1) is 0 Å². The second kappa shape index (κ2) is 2.57. The maximum absolute atomic E-state index is 5.49. The zero-order chi connectivity index (χ0) is 8.39. The van der Waals surface area contributed by atoms with Crippen molar-refractivity contribution in [1.82, 2.24) is 24.7 Å². The Labute approximate surface area is 68.1 Å². The van der Waals surface area contributed by atoms with E-state index in [1.54, 1.807) is 18.6 Å². The first-order valence-corrected chi connectivity index (χ1v) is 3.30. The number of hydrogen-bond donors (Lipinski definition) is 1. The van der Waals surface area contributed by atoms with Crippen molar-refractivity contribution in [2.24, 2.45) is 0 Å². The molecular formula is C6H6N6. The summed E-state index contributed by atoms with van der Waals surface area (Å²) in [5.74, 6) is 0.864. The highest BCUT2D eigenvalue weighted by molar-refractivity contribution is 5.27. The maximum Gasteiger partial charge on any atom is 0.224 e. The van der Waals surface area contributed by atoms with Crippen LogP contribution in [-0.2, 0) is 0 Å². The van der Waals surface area contributed by atoms with Gasteiger partial charge in [0, 0.05) is 12.4 Å². The van der Waals surface area contributed by atoms with Crippen molar-refractivity contribution in [1.29, 1.82) is 0 Å². The van der Waals surface area contributed by atoms with Gasteiger partial charge >= 0.3 is 0 Å². The molecule has 0 fully saturated rings. The number of rotatable bonds is 1. The first-order chi connectivity index (χ1) is 5.88. The molecule has 6 heteroatoms. The van der Waals surface area contributed by atoms with E-state index < -0.39 is 0 Å². The van der Waals surface area contributed by atoms with Crippen LogP contribution in [0.3, 0.4) is 0 Å². The van der Waals surface area contributed by atoms with Gasteiger partial charge in [-0.3, -0.25) is 4.98 Å². The summed E-state index contributed by atoms with van der Waals surface area (Å²) in [6.45, 7) is 0. The molecule has 0 amide bonds. The highest BCUT2D eigenvalue weighted by Gasteiger charge is 2.01. The number of nitrogen functional groups attached to an aromatic ring is 1. The van der Waals surface area contributed by atoms with Crippen molar-refractivity contribution in [2.45, 2.75) is 0 Å². The molecule has 60 valence electrons. The summed E-state index contributed by atoms with van der Waals surface area (Å²) >= 11 is 0. The van der Waals surface area contributed by atoms with Gasteiger partial charge < -0.3 is 5.73 Å². The first-order valence-electron chi connectivity index (χ1n) is 3.30. The lowest BCUT2D eigenvalue weighted by molar-refractivity contribution is 0.847. The smallest absolute Gasteiger partial charge is 0.224 e. The van der Waals surface area contributed by atoms with Crippen LogP contribution >= 0.6 is 0 Å². The third-order valence-corrected chi connectivity index (χ3v) is 1.34. The van der Waals surface area contributed by atoms with Gasteiger partial charge in [0.15, 0.2) is 5.82 Å². The average Bonchev–Trinajstić information content (AvgIpc) is 2.53. The predicted octanol–water partition coefficient (Wildman–Crippen LogP) is -0.361. The predicted molar refractivity (Wildman–Crippen MR) is 41.4 cm³/mol. The van der Waals surface area contributed by atoms with Crippen LogP contribution < -0.4 is 5.73 Å². The fourth-order valence-corrected chi connectivity index (χ4v) is 0.828. The summed E-state index contributed by atoms with van der Waals surface area (Å²) in [6.07, 6.45) is 6.07. The zero-order valence-corrected chi connectivity index (χ0v) is 6.12. The van der Waals surface area contributed by atoms with Crippen molar-refractivity contribution >= 4 is 5.95 Å². The molecule has 0 atom stereocenters. The number of nitrogens with two attached hydrogens (primary N) is 1. The molecule has 0 unspecified atom stereocenters. The van der Waals surface area contributed by atoms with E-state index in [0.29, 0.717) is 11.8 Å². The van der Waals surface area contributed by atoms with Crippen molar-refractivity contribution in [2.75, 3.05) is 5.73 Å². The van der Waals surface area contributed by atoms with Crippen LogP contribution in [0, 0.1) is 0 Å². The van der Waals surface area contributed by atoms with E-state index in [1.165, 1.54) is 11.0 Å². The summed E-state index contributed by atoms with van der Waals surface area (Å²) < 4.78 is 1.41. The van der Waals surface area contributed by atoms with E-state index in [2.05, 4.69) is 20.1 Å². The van der Waals surface area contributed by atoms with Gasteiger partial charge in [-0.2, -0.15) is 14.8 Å². The quantitative estimate of drug-likeness (QED) is 0.619. The topological polar surface area (TPSA) is 82.5 Å². The number of nitrogens with zero attached hydrogens (tertiary/aromatic N) is 5. The highest BCUT2D eigenvalue weighted by Crippen LogP contribution is 2.02. The van der Waals surface area contributed by atoms with E-state index in [4.69, 9.17) is 5.73 Å². The van der Waals surface area contributed by atoms with Gasteiger partial charge in [0.25, 0.3) is 0 Å². The second-order valence-electron chi connectivity index (χ2n) is 2.09. The van der Waals surface area contributed by atoms with Crippen LogP contribution in [0.2, 0.25) is 0 Å². The normalized spacial score (nSPS) is 10.0. The van der Waals surface area contributed by atoms with Crippen molar-refractivity contribution in [3.05, 3.63) is 24.9 Å². The Bertz CT molecular complexity index is 367. The van der Waals surface area contributed by atoms with E-state index in [-0.39, 0.29) is 0 Å². The van der Waals surface area contributed by atoms with Gasteiger partial charge in [0.1, 0.15) is 6.33 Å². The lowest BCUT2D eigenvalue weighted by atomic mass is 10.6. The molecule has 0 radical (unpaired) electrons. The van der Waals surface area contributed by atoms with Gasteiger partial charge in [-0.25, -0.2) is 4.98 Å². The molecule has 0 spiro atoms. The SMILES string of the molecule is Nc1ncnn1-c1cnccn1. The Kier molecular flexibility index (Phi) is 1.44. The monoisotopic (exact) mass is 162 g/mol. The minimum atomic E-state index is 0.301. The van der Waals surface area contributed by atoms with E-state index in [9.17, 15) is 0 Å². The summed E-state index contributed by atoms with van der Waals surface area (Å²) in [7, 11) is 0. The average molecular weight is 162 g/mol. The third-order valence-electron chi connectivity index (χ3n) is 1.34. The molecule has 0 bridgehead atoms. The van der Waals surface area contributed by atoms with Gasteiger partial charge in [0.2, 0.25) is 5.95 Å². The van der Waals surface area contributed by atoms with Gasteiger partial charge in [-0.1, -0.05) is 0 Å². The van der Waals surface area contributed by atoms with Gasteiger partial charge in [0.05, 0.1) is 6.20 Å². The minimum absolute atomic E-state index is 0.301. The number of anilines is 1. The second-order valence-corrected chi connectivity index (χ2v) is 2.09. The largest absolute Gasteiger partial charge is 0.368 e. The Morgan fingerprint density at radius 3 is 2.75 bits per heavy atom. The summed E-state index contributed by atoms with van der Waals surface area (Å²) in [4.78, 5) is 11.6. The summed E-state index contributed by atoms with van der Waals surface area (Å²) in [5, 5.41) is 3.86. The van der Waals surface area contributed by atoms with Crippen LogP contribution in [0.4, 0.5) is 5.95 Å². The van der Waals surface area contributed by atoms with Crippen LogP contribution in [0.25, 0.3) is 5.82 Å². The van der Waals surface area contributed by atoms with Crippen LogP contribution in [0.5, 0.6) is 0 Å². The molecule has 2 rings (SSSR count). The molecule has 0 aromatic carbocycles. The maximum atomic E-state index is 5.49.